The minimum atomic E-state index is -4.72. The molecule has 3 aromatic rings. The van der Waals surface area contributed by atoms with Crippen molar-refractivity contribution in [3.63, 3.8) is 0 Å². The highest BCUT2D eigenvalue weighted by Gasteiger charge is 2.31. The van der Waals surface area contributed by atoms with Gasteiger partial charge in [0, 0.05) is 43.4 Å². The Morgan fingerprint density at radius 1 is 1.12 bits per heavy atom. The summed E-state index contributed by atoms with van der Waals surface area (Å²) in [5.74, 6) is 0.256. The minimum Gasteiger partial charge on any atom is -0.406 e. The molecule has 1 aromatic carbocycles. The topological polar surface area (TPSA) is 51.1 Å². The van der Waals surface area contributed by atoms with Gasteiger partial charge < -0.3 is 9.64 Å². The number of rotatable bonds is 6. The molecule has 0 aliphatic rings. The second kappa shape index (κ2) is 7.69. The zero-order valence-corrected chi connectivity index (χ0v) is 14.6. The zero-order chi connectivity index (χ0) is 18.6. The number of hydrogen-bond acceptors (Lipinski definition) is 6. The molecule has 9 heteroatoms. The molecule has 0 unspecified atom stereocenters. The lowest BCUT2D eigenvalue weighted by Crippen LogP contribution is -2.22. The summed E-state index contributed by atoms with van der Waals surface area (Å²) < 4.78 is 40.9. The Kier molecular flexibility index (Phi) is 5.36. The third-order valence-corrected chi connectivity index (χ3v) is 4.20. The summed E-state index contributed by atoms with van der Waals surface area (Å²) in [6.07, 6.45) is -0.788. The summed E-state index contributed by atoms with van der Waals surface area (Å²) in [5.41, 5.74) is 3.95. The maximum absolute atomic E-state index is 12.3. The molecule has 0 bridgehead atoms. The third kappa shape index (κ3) is 4.92. The third-order valence-electron chi connectivity index (χ3n) is 3.57. The highest BCUT2D eigenvalue weighted by atomic mass is 32.1. The van der Waals surface area contributed by atoms with E-state index in [-0.39, 0.29) is 5.75 Å². The number of ether oxygens (including phenoxy) is 1. The monoisotopic (exact) mass is 380 g/mol. The summed E-state index contributed by atoms with van der Waals surface area (Å²) in [7, 11) is 1.87. The van der Waals surface area contributed by atoms with Crippen molar-refractivity contribution in [2.24, 2.45) is 0 Å². The number of benzene rings is 1. The number of halogens is 3. The van der Waals surface area contributed by atoms with Crippen molar-refractivity contribution in [2.45, 2.75) is 12.8 Å². The molecule has 0 N–H and O–H groups in total. The highest BCUT2D eigenvalue weighted by molar-refractivity contribution is 7.07. The van der Waals surface area contributed by atoms with Gasteiger partial charge in [-0.2, -0.15) is 0 Å². The molecule has 2 aromatic heterocycles. The van der Waals surface area contributed by atoms with Crippen molar-refractivity contribution < 1.29 is 17.9 Å². The van der Waals surface area contributed by atoms with Crippen LogP contribution >= 0.6 is 11.3 Å². The van der Waals surface area contributed by atoms with E-state index < -0.39 is 6.36 Å². The van der Waals surface area contributed by atoms with Crippen LogP contribution in [0.4, 0.5) is 19.1 Å². The van der Waals surface area contributed by atoms with Crippen LogP contribution in [0.1, 0.15) is 5.69 Å². The van der Waals surface area contributed by atoms with E-state index in [1.165, 1.54) is 18.2 Å². The van der Waals surface area contributed by atoms with Crippen LogP contribution in [0.15, 0.2) is 47.5 Å². The molecule has 0 atom stereocenters. The fourth-order valence-corrected chi connectivity index (χ4v) is 2.88. The van der Waals surface area contributed by atoms with E-state index in [9.17, 15) is 13.2 Å². The zero-order valence-electron chi connectivity index (χ0n) is 13.8. The predicted octanol–water partition coefficient (Wildman–Crippen LogP) is 4.18. The van der Waals surface area contributed by atoms with Gasteiger partial charge in [0.05, 0.1) is 11.2 Å². The largest absolute Gasteiger partial charge is 0.573 e. The molecule has 0 saturated carbocycles. The molecular weight excluding hydrogens is 365 g/mol. The molecule has 0 saturated heterocycles. The molecule has 0 amide bonds. The normalized spacial score (nSPS) is 11.4. The average molecular weight is 380 g/mol. The van der Waals surface area contributed by atoms with Crippen LogP contribution in [-0.4, -0.2) is 34.9 Å². The lowest BCUT2D eigenvalue weighted by atomic mass is 10.1. The number of alkyl halides is 3. The molecule has 0 fully saturated rings. The summed E-state index contributed by atoms with van der Waals surface area (Å²) in [4.78, 5) is 14.7. The fraction of sp³-hybridized carbons (Fsp3) is 0.235. The first-order valence-corrected chi connectivity index (χ1v) is 8.61. The van der Waals surface area contributed by atoms with E-state index >= 15 is 0 Å². The molecule has 0 spiro atoms. The van der Waals surface area contributed by atoms with Gasteiger partial charge in [0.15, 0.2) is 0 Å². The van der Waals surface area contributed by atoms with Crippen molar-refractivity contribution in [2.75, 3.05) is 18.5 Å². The van der Waals surface area contributed by atoms with Crippen LogP contribution < -0.4 is 9.64 Å². The maximum Gasteiger partial charge on any atom is 0.573 e. The van der Waals surface area contributed by atoms with E-state index in [1.807, 2.05) is 17.3 Å². The molecule has 26 heavy (non-hydrogen) atoms. The number of likely N-dealkylation sites (N-methyl/N-ethyl adjacent to an activating group) is 1. The number of nitrogens with zero attached hydrogens (tertiary/aromatic N) is 4. The van der Waals surface area contributed by atoms with Gasteiger partial charge >= 0.3 is 6.36 Å². The SMILES string of the molecule is CN(CCc1cscn1)c1ncc(-c2cccc(OC(F)(F)F)c2)cn1. The van der Waals surface area contributed by atoms with Crippen LogP contribution in [-0.2, 0) is 6.42 Å². The molecule has 0 aliphatic heterocycles. The lowest BCUT2D eigenvalue weighted by Gasteiger charge is -2.16. The Hall–Kier alpha value is -2.68. The second-order valence-corrected chi connectivity index (χ2v) is 6.22. The number of anilines is 1. The van der Waals surface area contributed by atoms with Crippen molar-refractivity contribution in [1.82, 2.24) is 15.0 Å². The Balaban J connectivity index is 1.68. The van der Waals surface area contributed by atoms with E-state index in [2.05, 4.69) is 19.7 Å². The average Bonchev–Trinajstić information content (AvgIpc) is 3.12. The van der Waals surface area contributed by atoms with Crippen LogP contribution in [0.25, 0.3) is 11.1 Å². The van der Waals surface area contributed by atoms with Crippen LogP contribution in [0.2, 0.25) is 0 Å². The van der Waals surface area contributed by atoms with Gasteiger partial charge in [-0.15, -0.1) is 24.5 Å². The van der Waals surface area contributed by atoms with Gasteiger partial charge in [-0.05, 0) is 17.7 Å². The Labute approximate surface area is 152 Å². The summed E-state index contributed by atoms with van der Waals surface area (Å²) in [5, 5.41) is 1.99. The van der Waals surface area contributed by atoms with Gasteiger partial charge in [-0.1, -0.05) is 12.1 Å². The van der Waals surface area contributed by atoms with E-state index in [0.717, 1.165) is 12.1 Å². The fourth-order valence-electron chi connectivity index (χ4n) is 2.28. The van der Waals surface area contributed by atoms with E-state index in [1.54, 1.807) is 35.3 Å². The first-order valence-electron chi connectivity index (χ1n) is 7.67. The second-order valence-electron chi connectivity index (χ2n) is 5.50. The van der Waals surface area contributed by atoms with Gasteiger partial charge in [-0.3, -0.25) is 0 Å². The standard InChI is InChI=1S/C17H15F3N4OS/c1-24(6-5-14-10-26-11-23-14)16-21-8-13(9-22-16)12-3-2-4-15(7-12)25-17(18,19)20/h2-4,7-11H,5-6H2,1H3. The molecule has 3 rings (SSSR count). The van der Waals surface area contributed by atoms with Crippen LogP contribution in [0.3, 0.4) is 0 Å². The van der Waals surface area contributed by atoms with Crippen molar-refractivity contribution in [1.29, 1.82) is 0 Å². The molecule has 2 heterocycles. The van der Waals surface area contributed by atoms with Crippen molar-refractivity contribution in [3.8, 4) is 16.9 Å². The maximum atomic E-state index is 12.3. The highest BCUT2D eigenvalue weighted by Crippen LogP contribution is 2.27. The van der Waals surface area contributed by atoms with Gasteiger partial charge in [-0.25, -0.2) is 15.0 Å². The molecule has 0 radical (unpaired) electrons. The number of hydrogen-bond donors (Lipinski definition) is 0. The quantitative estimate of drug-likeness (QED) is 0.642. The van der Waals surface area contributed by atoms with E-state index in [4.69, 9.17) is 0 Å². The van der Waals surface area contributed by atoms with Crippen LogP contribution in [0.5, 0.6) is 5.75 Å². The van der Waals surface area contributed by atoms with Crippen LogP contribution in [0, 0.1) is 0 Å². The Morgan fingerprint density at radius 2 is 1.88 bits per heavy atom. The predicted molar refractivity (Wildman–Crippen MR) is 93.2 cm³/mol. The first-order chi connectivity index (χ1) is 12.4. The van der Waals surface area contributed by atoms with Gasteiger partial charge in [0.1, 0.15) is 5.75 Å². The van der Waals surface area contributed by atoms with Gasteiger partial charge in [0.2, 0.25) is 5.95 Å². The number of aromatic nitrogens is 3. The smallest absolute Gasteiger partial charge is 0.406 e. The van der Waals surface area contributed by atoms with Gasteiger partial charge in [0.25, 0.3) is 0 Å². The van der Waals surface area contributed by atoms with Crippen molar-refractivity contribution >= 4 is 17.3 Å². The molecule has 0 aliphatic carbocycles. The molecular formula is C17H15F3N4OS. The lowest BCUT2D eigenvalue weighted by molar-refractivity contribution is -0.274. The summed E-state index contributed by atoms with van der Waals surface area (Å²) in [6.45, 7) is 0.706. The minimum absolute atomic E-state index is 0.278. The number of thiazole rings is 1. The molecule has 5 nitrogen and oxygen atoms in total. The van der Waals surface area contributed by atoms with Crippen molar-refractivity contribution in [3.05, 3.63) is 53.2 Å². The Bertz CT molecular complexity index is 838. The first kappa shape index (κ1) is 18.1. The Morgan fingerprint density at radius 3 is 2.54 bits per heavy atom. The van der Waals surface area contributed by atoms with E-state index in [0.29, 0.717) is 23.6 Å². The molecule has 136 valence electrons. The summed E-state index contributed by atoms with van der Waals surface area (Å²) >= 11 is 1.55. The summed E-state index contributed by atoms with van der Waals surface area (Å²) in [6, 6.07) is 5.72.